The summed E-state index contributed by atoms with van der Waals surface area (Å²) in [5, 5.41) is 19.2. The second-order valence-electron chi connectivity index (χ2n) is 7.56. The quantitative estimate of drug-likeness (QED) is 0.480. The van der Waals surface area contributed by atoms with Crippen molar-refractivity contribution in [3.05, 3.63) is 83.8 Å². The number of tetrazole rings is 1. The van der Waals surface area contributed by atoms with Gasteiger partial charge in [-0.3, -0.25) is 0 Å². The Morgan fingerprint density at radius 2 is 1.77 bits per heavy atom. The maximum Gasteiger partial charge on any atom is 0.205 e. The zero-order valence-corrected chi connectivity index (χ0v) is 16.8. The zero-order chi connectivity index (χ0) is 20.5. The average Bonchev–Trinajstić information content (AvgIpc) is 3.43. The third-order valence-corrected chi connectivity index (χ3v) is 5.23. The molecule has 2 aromatic carbocycles. The number of aromatic nitrogens is 7. The Bertz CT molecular complexity index is 1290. The number of rotatable bonds is 5. The van der Waals surface area contributed by atoms with Crippen molar-refractivity contribution in [2.75, 3.05) is 0 Å². The van der Waals surface area contributed by atoms with E-state index >= 15 is 0 Å². The van der Waals surface area contributed by atoms with Crippen LogP contribution in [0.3, 0.4) is 0 Å². The lowest BCUT2D eigenvalue weighted by Gasteiger charge is -2.09. The molecule has 0 radical (unpaired) electrons. The molecule has 0 saturated carbocycles. The van der Waals surface area contributed by atoms with Gasteiger partial charge in [0.15, 0.2) is 5.65 Å². The fourth-order valence-electron chi connectivity index (χ4n) is 3.80. The second-order valence-corrected chi connectivity index (χ2v) is 7.56. The Balaban J connectivity index is 1.50. The Labute approximate surface area is 173 Å². The number of hydrogen-bond donors (Lipinski definition) is 1. The fourth-order valence-corrected chi connectivity index (χ4v) is 3.80. The molecular formula is C23H21N7. The molecule has 0 atom stereocenters. The monoisotopic (exact) mass is 395 g/mol. The number of nitrogens with zero attached hydrogens (tertiary/aromatic N) is 6. The molecule has 3 heterocycles. The summed E-state index contributed by atoms with van der Waals surface area (Å²) in [5.74, 6) is 0.927. The topological polar surface area (TPSA) is 84.6 Å². The van der Waals surface area contributed by atoms with Gasteiger partial charge in [0.2, 0.25) is 5.82 Å². The molecule has 0 unspecified atom stereocenters. The van der Waals surface area contributed by atoms with Gasteiger partial charge in [-0.15, -0.1) is 10.2 Å². The minimum atomic E-state index is 0.336. The van der Waals surface area contributed by atoms with E-state index < -0.39 is 0 Å². The van der Waals surface area contributed by atoms with E-state index in [0.717, 1.165) is 34.5 Å². The Kier molecular flexibility index (Phi) is 4.55. The van der Waals surface area contributed by atoms with Crippen LogP contribution in [0.1, 0.15) is 36.6 Å². The summed E-state index contributed by atoms with van der Waals surface area (Å²) in [6, 6.07) is 18.6. The molecule has 7 heteroatoms. The molecule has 7 nitrogen and oxygen atoms in total. The van der Waals surface area contributed by atoms with Crippen molar-refractivity contribution in [3.8, 4) is 22.5 Å². The highest BCUT2D eigenvalue weighted by molar-refractivity contribution is 5.80. The highest BCUT2D eigenvalue weighted by Gasteiger charge is 2.17. The summed E-state index contributed by atoms with van der Waals surface area (Å²) < 4.78 is 1.88. The van der Waals surface area contributed by atoms with E-state index in [4.69, 9.17) is 5.10 Å². The molecule has 1 N–H and O–H groups in total. The number of hydrogen-bond acceptors (Lipinski definition) is 5. The van der Waals surface area contributed by atoms with Crippen LogP contribution in [0.2, 0.25) is 0 Å². The molecule has 5 rings (SSSR count). The summed E-state index contributed by atoms with van der Waals surface area (Å²) in [7, 11) is 0. The van der Waals surface area contributed by atoms with Crippen molar-refractivity contribution < 1.29 is 0 Å². The van der Waals surface area contributed by atoms with Crippen LogP contribution in [0.5, 0.6) is 0 Å². The van der Waals surface area contributed by atoms with Gasteiger partial charge in [0.1, 0.15) is 0 Å². The Morgan fingerprint density at radius 3 is 2.50 bits per heavy atom. The summed E-state index contributed by atoms with van der Waals surface area (Å²) in [5.41, 5.74) is 7.57. The number of nitrogens with one attached hydrogen (secondary N) is 1. The van der Waals surface area contributed by atoms with Gasteiger partial charge in [0.25, 0.3) is 0 Å². The van der Waals surface area contributed by atoms with E-state index in [-0.39, 0.29) is 0 Å². The SMILES string of the molecule is CC(C)c1nn2cccnc2c1Cc1ccc(-c2ccccc2-c2nn[nH]n2)cc1. The molecule has 0 aliphatic carbocycles. The highest BCUT2D eigenvalue weighted by atomic mass is 15.5. The standard InChI is InChI=1S/C23H21N7/c1-15(2)21-20(23-24-12-5-13-30(23)27-21)14-16-8-10-17(11-9-16)18-6-3-4-7-19(18)22-25-28-29-26-22/h3-13,15H,14H2,1-2H3,(H,25,26,28,29). The zero-order valence-electron chi connectivity index (χ0n) is 16.8. The lowest BCUT2D eigenvalue weighted by molar-refractivity contribution is 0.778. The first kappa shape index (κ1) is 18.2. The molecule has 0 fully saturated rings. The molecule has 0 aliphatic heterocycles. The lowest BCUT2D eigenvalue weighted by Crippen LogP contribution is -1.96. The molecule has 0 spiro atoms. The predicted molar refractivity (Wildman–Crippen MR) is 115 cm³/mol. The number of fused-ring (bicyclic) bond motifs is 1. The fraction of sp³-hybridized carbons (Fsp3) is 0.174. The first-order valence-corrected chi connectivity index (χ1v) is 9.95. The van der Waals surface area contributed by atoms with Gasteiger partial charge in [0.05, 0.1) is 5.69 Å². The van der Waals surface area contributed by atoms with Crippen LogP contribution < -0.4 is 0 Å². The average molecular weight is 395 g/mol. The van der Waals surface area contributed by atoms with Crippen LogP contribution in [0.25, 0.3) is 28.2 Å². The highest BCUT2D eigenvalue weighted by Crippen LogP contribution is 2.30. The third-order valence-electron chi connectivity index (χ3n) is 5.23. The summed E-state index contributed by atoms with van der Waals surface area (Å²) in [6.45, 7) is 4.34. The Hall–Kier alpha value is -3.87. The normalized spacial score (nSPS) is 11.4. The van der Waals surface area contributed by atoms with Gasteiger partial charge in [-0.2, -0.15) is 10.3 Å². The molecule has 148 valence electrons. The van der Waals surface area contributed by atoms with Crippen molar-refractivity contribution in [3.63, 3.8) is 0 Å². The van der Waals surface area contributed by atoms with Gasteiger partial charge in [-0.25, -0.2) is 9.50 Å². The molecule has 5 aromatic rings. The number of benzene rings is 2. The summed E-state index contributed by atoms with van der Waals surface area (Å²) in [6.07, 6.45) is 4.57. The van der Waals surface area contributed by atoms with Crippen molar-refractivity contribution in [1.29, 1.82) is 0 Å². The third kappa shape index (κ3) is 3.24. The second kappa shape index (κ2) is 7.51. The van der Waals surface area contributed by atoms with Crippen molar-refractivity contribution in [2.45, 2.75) is 26.2 Å². The smallest absolute Gasteiger partial charge is 0.205 e. The molecule has 0 aliphatic rings. The van der Waals surface area contributed by atoms with E-state index in [2.05, 4.69) is 69.8 Å². The van der Waals surface area contributed by atoms with Gasteiger partial charge >= 0.3 is 0 Å². The van der Waals surface area contributed by atoms with Crippen molar-refractivity contribution in [2.24, 2.45) is 0 Å². The van der Waals surface area contributed by atoms with Crippen LogP contribution in [-0.2, 0) is 6.42 Å². The van der Waals surface area contributed by atoms with E-state index in [9.17, 15) is 0 Å². The van der Waals surface area contributed by atoms with Crippen molar-refractivity contribution >= 4 is 5.65 Å². The van der Waals surface area contributed by atoms with E-state index in [0.29, 0.717) is 11.7 Å². The number of aromatic amines is 1. The molecule has 0 saturated heterocycles. The molecule has 0 bridgehead atoms. The molecule has 0 amide bonds. The first-order valence-electron chi connectivity index (χ1n) is 9.95. The van der Waals surface area contributed by atoms with Gasteiger partial charge in [-0.1, -0.05) is 62.4 Å². The first-order chi connectivity index (χ1) is 14.7. The van der Waals surface area contributed by atoms with Crippen LogP contribution in [0, 0.1) is 0 Å². The minimum absolute atomic E-state index is 0.336. The molecule has 3 aromatic heterocycles. The van der Waals surface area contributed by atoms with Gasteiger partial charge in [-0.05, 0) is 33.9 Å². The van der Waals surface area contributed by atoms with E-state index in [1.807, 2.05) is 41.2 Å². The minimum Gasteiger partial charge on any atom is -0.237 e. The van der Waals surface area contributed by atoms with Crippen molar-refractivity contribution in [1.82, 2.24) is 35.2 Å². The largest absolute Gasteiger partial charge is 0.237 e. The number of H-pyrrole nitrogens is 1. The van der Waals surface area contributed by atoms with Crippen LogP contribution in [0.15, 0.2) is 67.0 Å². The van der Waals surface area contributed by atoms with Gasteiger partial charge in [0, 0.05) is 29.9 Å². The molecular weight excluding hydrogens is 374 g/mol. The maximum absolute atomic E-state index is 4.74. The molecule has 30 heavy (non-hydrogen) atoms. The van der Waals surface area contributed by atoms with E-state index in [1.54, 1.807) is 0 Å². The Morgan fingerprint density at radius 1 is 0.967 bits per heavy atom. The van der Waals surface area contributed by atoms with Crippen LogP contribution in [-0.4, -0.2) is 35.2 Å². The van der Waals surface area contributed by atoms with E-state index in [1.165, 1.54) is 11.1 Å². The van der Waals surface area contributed by atoms with Gasteiger partial charge < -0.3 is 0 Å². The summed E-state index contributed by atoms with van der Waals surface area (Å²) >= 11 is 0. The lowest BCUT2D eigenvalue weighted by atomic mass is 9.95. The maximum atomic E-state index is 4.74. The summed E-state index contributed by atoms with van der Waals surface area (Å²) in [4.78, 5) is 4.56. The van der Waals surface area contributed by atoms with Crippen LogP contribution in [0.4, 0.5) is 0 Å². The predicted octanol–water partition coefficient (Wildman–Crippen LogP) is 4.29. The van der Waals surface area contributed by atoms with Crippen LogP contribution >= 0.6 is 0 Å².